The molecule has 1 aliphatic heterocycles. The summed E-state index contributed by atoms with van der Waals surface area (Å²) in [6.07, 6.45) is 2.89. The fourth-order valence-electron chi connectivity index (χ4n) is 2.08. The molecule has 100 valence electrons. The summed E-state index contributed by atoms with van der Waals surface area (Å²) in [5.74, 6) is 1.31. The highest BCUT2D eigenvalue weighted by Crippen LogP contribution is 2.36. The van der Waals surface area contributed by atoms with E-state index in [1.165, 1.54) is 29.9 Å². The Bertz CT molecular complexity index is 486. The standard InChI is InChI=1S/C12H18N2OS3/c1-8-9(18-11(16)14-8)6-10(15)13-7-12(2)4-3-5-17-12/h3-7H2,1-2H3,(H,13,15)(H,14,16). The lowest BCUT2D eigenvalue weighted by Crippen LogP contribution is -2.37. The lowest BCUT2D eigenvalue weighted by Gasteiger charge is -2.22. The second-order valence-corrected chi connectivity index (χ2v) is 8.37. The van der Waals surface area contributed by atoms with Crippen LogP contribution in [-0.2, 0) is 11.2 Å². The van der Waals surface area contributed by atoms with Crippen LogP contribution in [0.1, 0.15) is 30.3 Å². The van der Waals surface area contributed by atoms with Crippen LogP contribution in [0, 0.1) is 10.9 Å². The van der Waals surface area contributed by atoms with Gasteiger partial charge in [-0.1, -0.05) is 0 Å². The molecule has 0 spiro atoms. The first-order valence-electron chi connectivity index (χ1n) is 6.08. The van der Waals surface area contributed by atoms with Gasteiger partial charge >= 0.3 is 0 Å². The third kappa shape index (κ3) is 3.59. The number of aromatic amines is 1. The van der Waals surface area contributed by atoms with E-state index in [2.05, 4.69) is 17.2 Å². The van der Waals surface area contributed by atoms with Gasteiger partial charge in [0.2, 0.25) is 5.91 Å². The van der Waals surface area contributed by atoms with Crippen molar-refractivity contribution >= 4 is 41.2 Å². The molecular formula is C12H18N2OS3. The van der Waals surface area contributed by atoms with E-state index in [-0.39, 0.29) is 10.7 Å². The molecule has 2 N–H and O–H groups in total. The molecule has 0 aliphatic carbocycles. The summed E-state index contributed by atoms with van der Waals surface area (Å²) in [5.41, 5.74) is 1.02. The summed E-state index contributed by atoms with van der Waals surface area (Å²) >= 11 is 8.53. The minimum Gasteiger partial charge on any atom is -0.354 e. The third-order valence-electron chi connectivity index (χ3n) is 3.20. The molecule has 1 aromatic heterocycles. The third-order valence-corrected chi connectivity index (χ3v) is 6.08. The van der Waals surface area contributed by atoms with Gasteiger partial charge in [-0.25, -0.2) is 0 Å². The van der Waals surface area contributed by atoms with Crippen molar-refractivity contribution in [2.45, 2.75) is 37.9 Å². The molecule has 1 atom stereocenters. The van der Waals surface area contributed by atoms with E-state index in [1.807, 2.05) is 18.7 Å². The van der Waals surface area contributed by atoms with E-state index in [0.717, 1.165) is 21.1 Å². The van der Waals surface area contributed by atoms with Crippen LogP contribution in [0.25, 0.3) is 0 Å². The average molecular weight is 302 g/mol. The van der Waals surface area contributed by atoms with E-state index in [0.29, 0.717) is 6.42 Å². The SMILES string of the molecule is Cc1[nH]c(=S)sc1CC(=O)NCC1(C)CCCS1. The minimum atomic E-state index is 0.0945. The monoisotopic (exact) mass is 302 g/mol. The fourth-order valence-corrected chi connectivity index (χ4v) is 4.61. The Morgan fingerprint density at radius 3 is 2.94 bits per heavy atom. The van der Waals surface area contributed by atoms with Gasteiger partial charge in [0.1, 0.15) is 0 Å². The molecule has 0 saturated carbocycles. The summed E-state index contributed by atoms with van der Waals surface area (Å²) in [5, 5.41) is 3.05. The van der Waals surface area contributed by atoms with Gasteiger partial charge in [0.05, 0.1) is 6.42 Å². The predicted molar refractivity (Wildman–Crippen MR) is 81.1 cm³/mol. The van der Waals surface area contributed by atoms with Crippen molar-refractivity contribution in [3.63, 3.8) is 0 Å². The Balaban J connectivity index is 1.85. The molecule has 0 aromatic carbocycles. The Labute approximate surface area is 121 Å². The number of thioether (sulfide) groups is 1. The van der Waals surface area contributed by atoms with Crippen molar-refractivity contribution in [3.8, 4) is 0 Å². The summed E-state index contributed by atoms with van der Waals surface area (Å²) in [6, 6.07) is 0. The maximum atomic E-state index is 11.9. The van der Waals surface area contributed by atoms with Gasteiger partial charge in [0.15, 0.2) is 3.95 Å². The van der Waals surface area contributed by atoms with Crippen molar-refractivity contribution in [3.05, 3.63) is 14.5 Å². The highest BCUT2D eigenvalue weighted by molar-refractivity contribution is 8.00. The van der Waals surface area contributed by atoms with Gasteiger partial charge in [0.25, 0.3) is 0 Å². The van der Waals surface area contributed by atoms with Crippen LogP contribution in [0.4, 0.5) is 0 Å². The molecule has 1 aliphatic rings. The van der Waals surface area contributed by atoms with Crippen LogP contribution >= 0.6 is 35.3 Å². The first-order valence-corrected chi connectivity index (χ1v) is 8.29. The molecule has 1 fully saturated rings. The summed E-state index contributed by atoms with van der Waals surface area (Å²) in [7, 11) is 0. The molecule has 1 unspecified atom stereocenters. The summed E-state index contributed by atoms with van der Waals surface area (Å²) in [6.45, 7) is 4.96. The number of carbonyl (C=O) groups is 1. The number of hydrogen-bond acceptors (Lipinski definition) is 4. The number of thiazole rings is 1. The normalized spacial score (nSPS) is 23.2. The Morgan fingerprint density at radius 1 is 1.61 bits per heavy atom. The molecular weight excluding hydrogens is 284 g/mol. The number of hydrogen-bond donors (Lipinski definition) is 2. The number of H-pyrrole nitrogens is 1. The smallest absolute Gasteiger partial charge is 0.225 e. The average Bonchev–Trinajstić information content (AvgIpc) is 2.85. The van der Waals surface area contributed by atoms with Gasteiger partial charge in [0, 0.05) is 21.9 Å². The number of amides is 1. The van der Waals surface area contributed by atoms with E-state index < -0.39 is 0 Å². The first kappa shape index (κ1) is 14.1. The number of aromatic nitrogens is 1. The van der Waals surface area contributed by atoms with Crippen molar-refractivity contribution in [1.82, 2.24) is 10.3 Å². The van der Waals surface area contributed by atoms with E-state index in [4.69, 9.17) is 12.2 Å². The maximum Gasteiger partial charge on any atom is 0.225 e. The Morgan fingerprint density at radius 2 is 2.39 bits per heavy atom. The van der Waals surface area contributed by atoms with Crippen molar-refractivity contribution in [1.29, 1.82) is 0 Å². The van der Waals surface area contributed by atoms with Gasteiger partial charge < -0.3 is 10.3 Å². The second kappa shape index (κ2) is 5.75. The summed E-state index contributed by atoms with van der Waals surface area (Å²) < 4.78 is 0.976. The molecule has 2 rings (SSSR count). The molecule has 0 radical (unpaired) electrons. The van der Waals surface area contributed by atoms with Crippen molar-refractivity contribution in [2.75, 3.05) is 12.3 Å². The number of nitrogens with one attached hydrogen (secondary N) is 2. The number of rotatable bonds is 4. The van der Waals surface area contributed by atoms with Gasteiger partial charge in [-0.05, 0) is 44.7 Å². The van der Waals surface area contributed by atoms with Crippen LogP contribution in [0.3, 0.4) is 0 Å². The zero-order valence-electron chi connectivity index (χ0n) is 10.7. The number of aryl methyl sites for hydroxylation is 1. The van der Waals surface area contributed by atoms with Gasteiger partial charge in [-0.2, -0.15) is 11.8 Å². The fraction of sp³-hybridized carbons (Fsp3) is 0.667. The van der Waals surface area contributed by atoms with E-state index in [1.54, 1.807) is 0 Å². The topological polar surface area (TPSA) is 44.9 Å². The van der Waals surface area contributed by atoms with Gasteiger partial charge in [-0.15, -0.1) is 11.3 Å². The largest absolute Gasteiger partial charge is 0.354 e. The molecule has 1 amide bonds. The zero-order chi connectivity index (χ0) is 13.2. The second-order valence-electron chi connectivity index (χ2n) is 4.92. The molecule has 0 bridgehead atoms. The maximum absolute atomic E-state index is 11.9. The lowest BCUT2D eigenvalue weighted by atomic mass is 10.1. The minimum absolute atomic E-state index is 0.0945. The predicted octanol–water partition coefficient (Wildman–Crippen LogP) is 3.06. The lowest BCUT2D eigenvalue weighted by molar-refractivity contribution is -0.120. The van der Waals surface area contributed by atoms with Crippen LogP contribution in [0.5, 0.6) is 0 Å². The Hall–Kier alpha value is -0.330. The molecule has 3 nitrogen and oxygen atoms in total. The molecule has 6 heteroatoms. The zero-order valence-corrected chi connectivity index (χ0v) is 13.1. The van der Waals surface area contributed by atoms with Crippen LogP contribution in [-0.4, -0.2) is 27.9 Å². The Kier molecular flexibility index (Phi) is 4.50. The molecule has 1 aromatic rings. The van der Waals surface area contributed by atoms with Crippen molar-refractivity contribution < 1.29 is 4.79 Å². The van der Waals surface area contributed by atoms with Crippen LogP contribution in [0.2, 0.25) is 0 Å². The molecule has 2 heterocycles. The first-order chi connectivity index (χ1) is 8.48. The molecule has 1 saturated heterocycles. The quantitative estimate of drug-likeness (QED) is 0.840. The number of carbonyl (C=O) groups excluding carboxylic acids is 1. The van der Waals surface area contributed by atoms with E-state index in [9.17, 15) is 4.79 Å². The highest BCUT2D eigenvalue weighted by atomic mass is 32.2. The highest BCUT2D eigenvalue weighted by Gasteiger charge is 2.29. The molecule has 18 heavy (non-hydrogen) atoms. The van der Waals surface area contributed by atoms with Crippen LogP contribution < -0.4 is 5.32 Å². The van der Waals surface area contributed by atoms with Crippen LogP contribution in [0.15, 0.2) is 0 Å². The van der Waals surface area contributed by atoms with Gasteiger partial charge in [-0.3, -0.25) is 4.79 Å². The van der Waals surface area contributed by atoms with E-state index >= 15 is 0 Å². The van der Waals surface area contributed by atoms with Crippen molar-refractivity contribution in [2.24, 2.45) is 0 Å². The summed E-state index contributed by atoms with van der Waals surface area (Å²) in [4.78, 5) is 16.0.